The van der Waals surface area contributed by atoms with Gasteiger partial charge in [0.1, 0.15) is 0 Å². The van der Waals surface area contributed by atoms with E-state index in [1.54, 1.807) is 0 Å². The average molecular weight is 347 g/mol. The lowest BCUT2D eigenvalue weighted by Crippen LogP contribution is -2.17. The molecule has 0 spiro atoms. The van der Waals surface area contributed by atoms with E-state index in [2.05, 4.69) is 33.5 Å². The van der Waals surface area contributed by atoms with E-state index in [1.165, 1.54) is 0 Å². The van der Waals surface area contributed by atoms with Gasteiger partial charge in [0.25, 0.3) is 5.91 Å². The minimum atomic E-state index is -0.102. The van der Waals surface area contributed by atoms with E-state index in [-0.39, 0.29) is 5.91 Å². The lowest BCUT2D eigenvalue weighted by Gasteiger charge is -2.12. The molecule has 110 valence electrons. The third kappa shape index (κ3) is 4.16. The highest BCUT2D eigenvalue weighted by Crippen LogP contribution is 2.21. The summed E-state index contributed by atoms with van der Waals surface area (Å²) < 4.78 is 0.801. The van der Waals surface area contributed by atoms with Crippen LogP contribution >= 0.6 is 15.9 Å². The maximum absolute atomic E-state index is 12.5. The highest BCUT2D eigenvalue weighted by atomic mass is 79.9. The van der Waals surface area contributed by atoms with Crippen LogP contribution in [0, 0.1) is 6.92 Å². The van der Waals surface area contributed by atoms with Crippen LogP contribution in [-0.4, -0.2) is 12.5 Å². The summed E-state index contributed by atoms with van der Waals surface area (Å²) in [7, 11) is 0. The van der Waals surface area contributed by atoms with Gasteiger partial charge >= 0.3 is 0 Å². The van der Waals surface area contributed by atoms with Gasteiger partial charge in [0, 0.05) is 16.7 Å². The number of hydrogen-bond donors (Lipinski definition) is 2. The minimum Gasteiger partial charge on any atom is -0.322 e. The fraction of sp³-hybridized carbons (Fsp3) is 0.235. The van der Waals surface area contributed by atoms with Crippen LogP contribution in [0.2, 0.25) is 0 Å². The Labute approximate surface area is 133 Å². The van der Waals surface area contributed by atoms with Crippen LogP contribution in [0.15, 0.2) is 46.9 Å². The Kier molecular flexibility index (Phi) is 5.53. The van der Waals surface area contributed by atoms with Crippen LogP contribution in [0.25, 0.3) is 0 Å². The molecule has 0 radical (unpaired) electrons. The smallest absolute Gasteiger partial charge is 0.256 e. The molecule has 1 amide bonds. The molecule has 0 saturated carbocycles. The SMILES string of the molecule is CCNCc1ccccc1NC(=O)c1cc(C)ccc1Br. The number of benzene rings is 2. The van der Waals surface area contributed by atoms with Crippen molar-refractivity contribution in [2.24, 2.45) is 0 Å². The molecule has 4 heteroatoms. The number of carbonyl (C=O) groups excluding carboxylic acids is 1. The van der Waals surface area contributed by atoms with Gasteiger partial charge in [-0.3, -0.25) is 4.79 Å². The predicted molar refractivity (Wildman–Crippen MR) is 90.7 cm³/mol. The number of para-hydroxylation sites is 1. The molecule has 0 aliphatic rings. The number of halogens is 1. The second kappa shape index (κ2) is 7.38. The van der Waals surface area contributed by atoms with Crippen molar-refractivity contribution in [3.63, 3.8) is 0 Å². The van der Waals surface area contributed by atoms with E-state index in [9.17, 15) is 4.79 Å². The lowest BCUT2D eigenvalue weighted by molar-refractivity contribution is 0.102. The normalized spacial score (nSPS) is 10.4. The quantitative estimate of drug-likeness (QED) is 0.854. The molecule has 0 unspecified atom stereocenters. The van der Waals surface area contributed by atoms with E-state index in [1.807, 2.05) is 49.4 Å². The number of carbonyl (C=O) groups is 1. The number of amides is 1. The molecule has 2 rings (SSSR count). The molecule has 0 saturated heterocycles. The number of hydrogen-bond acceptors (Lipinski definition) is 2. The summed E-state index contributed by atoms with van der Waals surface area (Å²) in [5.74, 6) is -0.102. The first-order valence-corrected chi connectivity index (χ1v) is 7.77. The first-order chi connectivity index (χ1) is 10.1. The first kappa shape index (κ1) is 15.7. The summed E-state index contributed by atoms with van der Waals surface area (Å²) >= 11 is 3.43. The van der Waals surface area contributed by atoms with Crippen LogP contribution in [0.3, 0.4) is 0 Å². The highest BCUT2D eigenvalue weighted by Gasteiger charge is 2.12. The van der Waals surface area contributed by atoms with Gasteiger partial charge in [-0.1, -0.05) is 36.8 Å². The van der Waals surface area contributed by atoms with Crippen molar-refractivity contribution in [2.45, 2.75) is 20.4 Å². The lowest BCUT2D eigenvalue weighted by atomic mass is 10.1. The number of aryl methyl sites for hydroxylation is 1. The van der Waals surface area contributed by atoms with Crippen LogP contribution in [0.1, 0.15) is 28.4 Å². The summed E-state index contributed by atoms with van der Waals surface area (Å²) in [6, 6.07) is 13.6. The summed E-state index contributed by atoms with van der Waals surface area (Å²) in [6.07, 6.45) is 0. The van der Waals surface area contributed by atoms with E-state index in [0.717, 1.165) is 34.4 Å². The maximum atomic E-state index is 12.5. The number of rotatable bonds is 5. The molecular formula is C17H19BrN2O. The van der Waals surface area contributed by atoms with Gasteiger partial charge in [-0.15, -0.1) is 0 Å². The second-order valence-electron chi connectivity index (χ2n) is 4.87. The standard InChI is InChI=1S/C17H19BrN2O/c1-3-19-11-13-6-4-5-7-16(13)20-17(21)14-10-12(2)8-9-15(14)18/h4-10,19H,3,11H2,1-2H3,(H,20,21). The number of nitrogens with one attached hydrogen (secondary N) is 2. The summed E-state index contributed by atoms with van der Waals surface area (Å²) in [5.41, 5.74) is 3.63. The van der Waals surface area contributed by atoms with Gasteiger partial charge in [0.05, 0.1) is 5.56 Å². The van der Waals surface area contributed by atoms with Crippen LogP contribution in [0.5, 0.6) is 0 Å². The Balaban J connectivity index is 2.21. The van der Waals surface area contributed by atoms with Crippen molar-refractivity contribution in [1.82, 2.24) is 5.32 Å². The van der Waals surface area contributed by atoms with Gasteiger partial charge in [0.2, 0.25) is 0 Å². The van der Waals surface area contributed by atoms with E-state index < -0.39 is 0 Å². The van der Waals surface area contributed by atoms with Crippen molar-refractivity contribution in [2.75, 3.05) is 11.9 Å². The van der Waals surface area contributed by atoms with Gasteiger partial charge < -0.3 is 10.6 Å². The Morgan fingerprint density at radius 3 is 2.71 bits per heavy atom. The molecule has 0 aliphatic heterocycles. The minimum absolute atomic E-state index is 0.102. The Morgan fingerprint density at radius 2 is 1.95 bits per heavy atom. The zero-order chi connectivity index (χ0) is 15.2. The fourth-order valence-corrected chi connectivity index (χ4v) is 2.49. The van der Waals surface area contributed by atoms with Gasteiger partial charge in [-0.2, -0.15) is 0 Å². The third-order valence-electron chi connectivity index (χ3n) is 3.20. The molecule has 21 heavy (non-hydrogen) atoms. The topological polar surface area (TPSA) is 41.1 Å². The van der Waals surface area contributed by atoms with E-state index >= 15 is 0 Å². The number of anilines is 1. The van der Waals surface area contributed by atoms with Gasteiger partial charge in [-0.05, 0) is 53.2 Å². The molecule has 2 aromatic rings. The van der Waals surface area contributed by atoms with E-state index in [4.69, 9.17) is 0 Å². The molecule has 0 bridgehead atoms. The molecule has 0 aliphatic carbocycles. The van der Waals surface area contributed by atoms with Crippen molar-refractivity contribution < 1.29 is 4.79 Å². The zero-order valence-electron chi connectivity index (χ0n) is 12.2. The van der Waals surface area contributed by atoms with Crippen LogP contribution in [-0.2, 0) is 6.54 Å². The molecule has 0 atom stereocenters. The van der Waals surface area contributed by atoms with Crippen molar-refractivity contribution in [3.05, 3.63) is 63.6 Å². The molecule has 2 aromatic carbocycles. The fourth-order valence-electron chi connectivity index (χ4n) is 2.06. The van der Waals surface area contributed by atoms with Crippen molar-refractivity contribution >= 4 is 27.5 Å². The first-order valence-electron chi connectivity index (χ1n) is 6.98. The maximum Gasteiger partial charge on any atom is 0.256 e. The Bertz CT molecular complexity index is 640. The largest absolute Gasteiger partial charge is 0.322 e. The monoisotopic (exact) mass is 346 g/mol. The average Bonchev–Trinajstić information content (AvgIpc) is 2.48. The molecule has 3 nitrogen and oxygen atoms in total. The molecule has 0 aromatic heterocycles. The molecule has 0 fully saturated rings. The van der Waals surface area contributed by atoms with E-state index in [0.29, 0.717) is 5.56 Å². The molecule has 0 heterocycles. The van der Waals surface area contributed by atoms with Gasteiger partial charge in [-0.25, -0.2) is 0 Å². The third-order valence-corrected chi connectivity index (χ3v) is 3.89. The second-order valence-corrected chi connectivity index (χ2v) is 5.73. The Hall–Kier alpha value is -1.65. The molecule has 2 N–H and O–H groups in total. The highest BCUT2D eigenvalue weighted by molar-refractivity contribution is 9.10. The summed E-state index contributed by atoms with van der Waals surface area (Å²) in [4.78, 5) is 12.5. The van der Waals surface area contributed by atoms with Crippen molar-refractivity contribution in [3.8, 4) is 0 Å². The van der Waals surface area contributed by atoms with Gasteiger partial charge in [0.15, 0.2) is 0 Å². The zero-order valence-corrected chi connectivity index (χ0v) is 13.8. The molecular weight excluding hydrogens is 328 g/mol. The van der Waals surface area contributed by atoms with Crippen LogP contribution in [0.4, 0.5) is 5.69 Å². The van der Waals surface area contributed by atoms with Crippen LogP contribution < -0.4 is 10.6 Å². The summed E-state index contributed by atoms with van der Waals surface area (Å²) in [5, 5.41) is 6.27. The predicted octanol–water partition coefficient (Wildman–Crippen LogP) is 4.12. The Morgan fingerprint density at radius 1 is 1.19 bits per heavy atom. The summed E-state index contributed by atoms with van der Waals surface area (Å²) in [6.45, 7) is 5.67. The van der Waals surface area contributed by atoms with Crippen molar-refractivity contribution in [1.29, 1.82) is 0 Å².